The number of nitrogens with one attached hydrogen (secondary N) is 1. The molecule has 1 saturated heterocycles. The second kappa shape index (κ2) is 8.97. The zero-order chi connectivity index (χ0) is 20.1. The largest absolute Gasteiger partial charge is 0.462 e. The van der Waals surface area contributed by atoms with Crippen molar-refractivity contribution in [1.29, 1.82) is 0 Å². The van der Waals surface area contributed by atoms with Crippen LogP contribution >= 0.6 is 0 Å². The van der Waals surface area contributed by atoms with Crippen LogP contribution in [0.25, 0.3) is 0 Å². The van der Waals surface area contributed by atoms with Crippen LogP contribution in [0.4, 0.5) is 0 Å². The Morgan fingerprint density at radius 3 is 2.68 bits per heavy atom. The van der Waals surface area contributed by atoms with Crippen molar-refractivity contribution in [2.45, 2.75) is 39.3 Å². The maximum Gasteiger partial charge on any atom is 0.339 e. The molecule has 2 aromatic rings. The number of likely N-dealkylation sites (tertiary alicyclic amines) is 1. The Morgan fingerprint density at radius 2 is 2.00 bits per heavy atom. The number of pyridine rings is 1. The Morgan fingerprint density at radius 1 is 1.25 bits per heavy atom. The van der Waals surface area contributed by atoms with Gasteiger partial charge in [0.15, 0.2) is 0 Å². The van der Waals surface area contributed by atoms with Crippen molar-refractivity contribution in [3.8, 4) is 0 Å². The first-order valence-corrected chi connectivity index (χ1v) is 9.74. The maximum absolute atomic E-state index is 12.6. The minimum atomic E-state index is -0.416. The van der Waals surface area contributed by atoms with E-state index >= 15 is 0 Å². The zero-order valence-electron chi connectivity index (χ0n) is 16.6. The number of carbonyl (C=O) groups excluding carboxylic acids is 2. The first-order valence-electron chi connectivity index (χ1n) is 9.74. The molecule has 0 aliphatic carbocycles. The second-order valence-electron chi connectivity index (χ2n) is 7.09. The van der Waals surface area contributed by atoms with Crippen molar-refractivity contribution in [3.05, 3.63) is 65.0 Å². The molecule has 1 aliphatic rings. The average molecular weight is 381 g/mol. The fourth-order valence-corrected chi connectivity index (χ4v) is 3.57. The molecule has 1 amide bonds. The molecule has 1 N–H and O–H groups in total. The molecule has 6 nitrogen and oxygen atoms in total. The quantitative estimate of drug-likeness (QED) is 0.779. The van der Waals surface area contributed by atoms with E-state index in [1.165, 1.54) is 5.56 Å². The number of carbonyl (C=O) groups is 2. The highest BCUT2D eigenvalue weighted by Gasteiger charge is 2.28. The summed E-state index contributed by atoms with van der Waals surface area (Å²) in [5.74, 6) is -0.626. The Labute approximate surface area is 165 Å². The van der Waals surface area contributed by atoms with Crippen LogP contribution in [0.15, 0.2) is 42.5 Å². The zero-order valence-corrected chi connectivity index (χ0v) is 16.6. The van der Waals surface area contributed by atoms with Crippen LogP contribution in [0, 0.1) is 6.92 Å². The second-order valence-corrected chi connectivity index (χ2v) is 7.09. The van der Waals surface area contributed by atoms with Gasteiger partial charge in [-0.05, 0) is 44.9 Å². The van der Waals surface area contributed by atoms with Gasteiger partial charge in [-0.1, -0.05) is 30.3 Å². The highest BCUT2D eigenvalue weighted by Crippen LogP contribution is 2.24. The predicted molar refractivity (Wildman–Crippen MR) is 107 cm³/mol. The van der Waals surface area contributed by atoms with E-state index in [1.807, 2.05) is 6.07 Å². The third-order valence-electron chi connectivity index (χ3n) is 5.20. The highest BCUT2D eigenvalue weighted by molar-refractivity contribution is 5.95. The van der Waals surface area contributed by atoms with E-state index in [-0.39, 0.29) is 11.9 Å². The van der Waals surface area contributed by atoms with E-state index in [1.54, 1.807) is 26.0 Å². The molecule has 0 bridgehead atoms. The van der Waals surface area contributed by atoms with E-state index < -0.39 is 5.97 Å². The van der Waals surface area contributed by atoms with Gasteiger partial charge in [0.2, 0.25) is 0 Å². The number of nitrogens with zero attached hydrogens (tertiary/aromatic N) is 2. The SMILES string of the molecule is CCOC(=O)c1ccc(C(=O)NC2CCN(C(C)c3ccccc3)C2)nc1C. The topological polar surface area (TPSA) is 71.5 Å². The first-order chi connectivity index (χ1) is 13.5. The molecule has 1 aliphatic heterocycles. The number of hydrogen-bond acceptors (Lipinski definition) is 5. The van der Waals surface area contributed by atoms with Gasteiger partial charge in [0.25, 0.3) is 5.91 Å². The Kier molecular flexibility index (Phi) is 6.41. The van der Waals surface area contributed by atoms with Gasteiger partial charge in [-0.25, -0.2) is 9.78 Å². The molecule has 1 fully saturated rings. The maximum atomic E-state index is 12.6. The number of ether oxygens (including phenoxy) is 1. The minimum absolute atomic E-state index is 0.0884. The molecule has 2 atom stereocenters. The molecule has 2 heterocycles. The van der Waals surface area contributed by atoms with Gasteiger partial charge in [-0.15, -0.1) is 0 Å². The molecule has 28 heavy (non-hydrogen) atoms. The van der Waals surface area contributed by atoms with Crippen LogP contribution in [0.3, 0.4) is 0 Å². The van der Waals surface area contributed by atoms with Crippen LogP contribution < -0.4 is 5.32 Å². The summed E-state index contributed by atoms with van der Waals surface area (Å²) in [4.78, 5) is 31.1. The number of aromatic nitrogens is 1. The van der Waals surface area contributed by atoms with Crippen molar-refractivity contribution in [1.82, 2.24) is 15.2 Å². The lowest BCUT2D eigenvalue weighted by molar-refractivity contribution is 0.0524. The van der Waals surface area contributed by atoms with Gasteiger partial charge in [0.1, 0.15) is 5.69 Å². The number of rotatable bonds is 6. The van der Waals surface area contributed by atoms with Crippen molar-refractivity contribution < 1.29 is 14.3 Å². The Hall–Kier alpha value is -2.73. The fraction of sp³-hybridized carbons (Fsp3) is 0.409. The fourth-order valence-electron chi connectivity index (χ4n) is 3.57. The normalized spacial score (nSPS) is 17.9. The van der Waals surface area contributed by atoms with Gasteiger partial charge in [0, 0.05) is 25.2 Å². The molecule has 148 valence electrons. The van der Waals surface area contributed by atoms with Crippen LogP contribution in [0.2, 0.25) is 0 Å². The summed E-state index contributed by atoms with van der Waals surface area (Å²) in [5.41, 5.74) is 2.49. The third kappa shape index (κ3) is 4.57. The van der Waals surface area contributed by atoms with Crippen molar-refractivity contribution in [2.75, 3.05) is 19.7 Å². The van der Waals surface area contributed by atoms with Crippen LogP contribution in [-0.2, 0) is 4.74 Å². The third-order valence-corrected chi connectivity index (χ3v) is 5.20. The summed E-state index contributed by atoms with van der Waals surface area (Å²) in [6.07, 6.45) is 0.906. The Bertz CT molecular complexity index is 838. The van der Waals surface area contributed by atoms with Crippen molar-refractivity contribution >= 4 is 11.9 Å². The molecule has 0 radical (unpaired) electrons. The lowest BCUT2D eigenvalue weighted by Crippen LogP contribution is -2.38. The summed E-state index contributed by atoms with van der Waals surface area (Å²) in [6, 6.07) is 14.0. The predicted octanol–water partition coefficient (Wildman–Crippen LogP) is 3.13. The minimum Gasteiger partial charge on any atom is -0.462 e. The van der Waals surface area contributed by atoms with Gasteiger partial charge in [-0.2, -0.15) is 0 Å². The van der Waals surface area contributed by atoms with Gasteiger partial charge >= 0.3 is 5.97 Å². The summed E-state index contributed by atoms with van der Waals surface area (Å²) >= 11 is 0. The highest BCUT2D eigenvalue weighted by atomic mass is 16.5. The van der Waals surface area contributed by atoms with Crippen LogP contribution in [0.5, 0.6) is 0 Å². The molecule has 6 heteroatoms. The Balaban J connectivity index is 1.59. The average Bonchev–Trinajstić information content (AvgIpc) is 3.16. The molecular weight excluding hydrogens is 354 g/mol. The van der Waals surface area contributed by atoms with E-state index in [0.717, 1.165) is 19.5 Å². The summed E-state index contributed by atoms with van der Waals surface area (Å²) in [5, 5.41) is 3.07. The van der Waals surface area contributed by atoms with Crippen LogP contribution in [0.1, 0.15) is 58.4 Å². The van der Waals surface area contributed by atoms with E-state index in [2.05, 4.69) is 46.4 Å². The molecule has 1 aromatic heterocycles. The summed E-state index contributed by atoms with van der Waals surface area (Å²) < 4.78 is 5.00. The first kappa shape index (κ1) is 20.0. The lowest BCUT2D eigenvalue weighted by atomic mass is 10.1. The molecule has 0 saturated carbocycles. The lowest BCUT2D eigenvalue weighted by Gasteiger charge is -2.24. The van der Waals surface area contributed by atoms with E-state index in [9.17, 15) is 9.59 Å². The van der Waals surface area contributed by atoms with E-state index in [4.69, 9.17) is 4.74 Å². The summed E-state index contributed by atoms with van der Waals surface area (Å²) in [7, 11) is 0. The monoisotopic (exact) mass is 381 g/mol. The molecule has 3 rings (SSSR count). The number of aryl methyl sites for hydroxylation is 1. The van der Waals surface area contributed by atoms with Crippen molar-refractivity contribution in [3.63, 3.8) is 0 Å². The number of esters is 1. The summed E-state index contributed by atoms with van der Waals surface area (Å²) in [6.45, 7) is 7.71. The molecule has 2 unspecified atom stereocenters. The standard InChI is InChI=1S/C22H27N3O3/c1-4-28-22(27)19-10-11-20(23-15(19)2)21(26)24-18-12-13-25(14-18)16(3)17-8-6-5-7-9-17/h5-11,16,18H,4,12-14H2,1-3H3,(H,24,26). The van der Waals surface area contributed by atoms with Gasteiger partial charge < -0.3 is 10.1 Å². The smallest absolute Gasteiger partial charge is 0.339 e. The molecule has 0 spiro atoms. The van der Waals surface area contributed by atoms with Gasteiger partial charge in [-0.3, -0.25) is 9.69 Å². The molecular formula is C22H27N3O3. The number of benzene rings is 1. The number of amides is 1. The van der Waals surface area contributed by atoms with Gasteiger partial charge in [0.05, 0.1) is 17.9 Å². The molecule has 1 aromatic carbocycles. The number of hydrogen-bond donors (Lipinski definition) is 1. The van der Waals surface area contributed by atoms with Crippen LogP contribution in [-0.4, -0.2) is 47.5 Å². The van der Waals surface area contributed by atoms with E-state index in [0.29, 0.717) is 29.6 Å². The van der Waals surface area contributed by atoms with Crippen molar-refractivity contribution in [2.24, 2.45) is 0 Å².